The second-order valence-electron chi connectivity index (χ2n) is 10.3. The number of carbonyl (C=O) groups is 1. The number of aromatic hydroxyl groups is 1. The molecule has 0 amide bonds. The molecule has 0 atom stereocenters. The molecule has 0 saturated heterocycles. The molecule has 0 heterocycles. The molecule has 0 saturated carbocycles. The summed E-state index contributed by atoms with van der Waals surface area (Å²) in [7, 11) is -1.01. The molecular weight excluding hydrogens is 399 g/mol. The van der Waals surface area contributed by atoms with E-state index in [0.29, 0.717) is 5.75 Å². The lowest BCUT2D eigenvalue weighted by Gasteiger charge is -2.36. The van der Waals surface area contributed by atoms with Crippen molar-refractivity contribution < 1.29 is 23.5 Å². The molecule has 1 aliphatic rings. The van der Waals surface area contributed by atoms with Crippen molar-refractivity contribution >= 4 is 19.5 Å². The lowest BCUT2D eigenvalue weighted by Crippen LogP contribution is -2.31. The fraction of sp³-hybridized carbons (Fsp3) is 0.625. The van der Waals surface area contributed by atoms with Crippen LogP contribution in [0.5, 0.6) is 5.75 Å². The Morgan fingerprint density at radius 2 is 1.73 bits per heavy atom. The van der Waals surface area contributed by atoms with Crippen LogP contribution in [0.25, 0.3) is 6.08 Å². The van der Waals surface area contributed by atoms with E-state index >= 15 is 0 Å². The summed E-state index contributed by atoms with van der Waals surface area (Å²) in [4.78, 5) is 13.0. The van der Waals surface area contributed by atoms with Crippen LogP contribution in [-0.2, 0) is 35.7 Å². The summed E-state index contributed by atoms with van der Waals surface area (Å²) in [5, 5.41) is 9.84. The highest BCUT2D eigenvalue weighted by atomic mass is 31.2. The Morgan fingerprint density at radius 1 is 1.17 bits per heavy atom. The molecule has 1 aromatic carbocycles. The smallest absolute Gasteiger partial charge is 0.343 e. The molecule has 0 bridgehead atoms. The maximum atomic E-state index is 13.0. The van der Waals surface area contributed by atoms with Crippen LogP contribution in [0.4, 0.5) is 0 Å². The van der Waals surface area contributed by atoms with Gasteiger partial charge in [0, 0.05) is 25.3 Å². The van der Waals surface area contributed by atoms with Crippen molar-refractivity contribution in [1.29, 1.82) is 0 Å². The van der Waals surface area contributed by atoms with Crippen LogP contribution < -0.4 is 0 Å². The maximum Gasteiger partial charge on any atom is 0.343 e. The van der Waals surface area contributed by atoms with Crippen molar-refractivity contribution in [3.63, 3.8) is 0 Å². The van der Waals surface area contributed by atoms with Gasteiger partial charge in [-0.05, 0) is 67.2 Å². The number of rotatable bonds is 6. The number of hydrogen-bond acceptors (Lipinski definition) is 5. The van der Waals surface area contributed by atoms with Crippen molar-refractivity contribution in [3.05, 3.63) is 34.4 Å². The molecule has 2 rings (SSSR count). The number of ketones is 1. The second kappa shape index (κ2) is 8.26. The van der Waals surface area contributed by atoms with Gasteiger partial charge in [0.25, 0.3) is 0 Å². The Labute approximate surface area is 181 Å². The lowest BCUT2D eigenvalue weighted by molar-refractivity contribution is -0.116. The minimum absolute atomic E-state index is 0.146. The van der Waals surface area contributed by atoms with Gasteiger partial charge < -0.3 is 14.2 Å². The first-order valence-electron chi connectivity index (χ1n) is 10.5. The Kier molecular flexibility index (Phi) is 6.84. The third kappa shape index (κ3) is 4.30. The summed E-state index contributed by atoms with van der Waals surface area (Å²) in [6, 6.07) is 1.98. The summed E-state index contributed by atoms with van der Waals surface area (Å²) in [6.45, 7) is 13.7. The summed E-state index contributed by atoms with van der Waals surface area (Å²) in [5.74, 6) is 0.0398. The first-order chi connectivity index (χ1) is 13.6. The number of allylic oxidation sites excluding steroid dienone is 1. The minimum atomic E-state index is -3.59. The molecule has 1 aliphatic carbocycles. The van der Waals surface area contributed by atoms with Gasteiger partial charge in [0.05, 0.1) is 0 Å². The van der Waals surface area contributed by atoms with E-state index in [1.165, 1.54) is 20.3 Å². The van der Waals surface area contributed by atoms with Crippen LogP contribution in [0.1, 0.15) is 83.6 Å². The molecule has 5 nitrogen and oxygen atoms in total. The summed E-state index contributed by atoms with van der Waals surface area (Å²) >= 11 is 0. The quantitative estimate of drug-likeness (QED) is 0.428. The highest BCUT2D eigenvalue weighted by Crippen LogP contribution is 2.59. The predicted octanol–water partition coefficient (Wildman–Crippen LogP) is 6.15. The normalized spacial score (nSPS) is 17.2. The van der Waals surface area contributed by atoms with E-state index in [4.69, 9.17) is 9.05 Å². The Hall–Kier alpha value is -1.42. The molecular formula is C24H37O5P. The Balaban J connectivity index is 2.63. The van der Waals surface area contributed by atoms with Crippen LogP contribution >= 0.6 is 7.60 Å². The maximum absolute atomic E-state index is 13.0. The molecule has 0 fully saturated rings. The van der Waals surface area contributed by atoms with E-state index in [2.05, 4.69) is 34.6 Å². The van der Waals surface area contributed by atoms with Gasteiger partial charge in [-0.3, -0.25) is 9.36 Å². The molecule has 1 N–H and O–H groups in total. The van der Waals surface area contributed by atoms with Crippen LogP contribution in [0.2, 0.25) is 0 Å². The highest BCUT2D eigenvalue weighted by molar-refractivity contribution is 7.56. The third-order valence-corrected chi connectivity index (χ3v) is 8.89. The van der Waals surface area contributed by atoms with Crippen molar-refractivity contribution in [3.8, 4) is 5.75 Å². The number of phenols is 1. The lowest BCUT2D eigenvalue weighted by atomic mass is 9.68. The third-order valence-electron chi connectivity index (χ3n) is 6.34. The first-order valence-corrected chi connectivity index (χ1v) is 12.0. The molecule has 0 unspecified atom stereocenters. The fourth-order valence-corrected chi connectivity index (χ4v) is 5.73. The van der Waals surface area contributed by atoms with Crippen molar-refractivity contribution in [2.45, 2.75) is 83.7 Å². The number of hydrogen-bond donors (Lipinski definition) is 1. The number of fused-ring (bicyclic) bond motifs is 1. The van der Waals surface area contributed by atoms with E-state index in [1.807, 2.05) is 6.07 Å². The van der Waals surface area contributed by atoms with E-state index in [0.717, 1.165) is 41.5 Å². The monoisotopic (exact) mass is 436 g/mol. The largest absolute Gasteiger partial charge is 0.507 e. The standard InChI is InChI=1S/C24H37O5P/c1-22(2,3)18-15-16(17-11-10-14-23(4,5)20(17)21(18)26)12-13-19(25)24(6,7)30(27,28-8)29-9/h12-13,15,26H,10-11,14H2,1-9H3/b13-12+. The molecule has 0 aliphatic heterocycles. The predicted molar refractivity (Wildman–Crippen MR) is 123 cm³/mol. The Morgan fingerprint density at radius 3 is 2.23 bits per heavy atom. The molecule has 6 heteroatoms. The molecule has 168 valence electrons. The van der Waals surface area contributed by atoms with E-state index in [-0.39, 0.29) is 16.6 Å². The van der Waals surface area contributed by atoms with E-state index in [9.17, 15) is 14.5 Å². The van der Waals surface area contributed by atoms with Crippen LogP contribution in [0, 0.1) is 0 Å². The molecule has 0 radical (unpaired) electrons. The van der Waals surface area contributed by atoms with Gasteiger partial charge in [0.2, 0.25) is 0 Å². The SMILES string of the molecule is COP(=O)(OC)C(C)(C)C(=O)/C=C/c1cc(C(C)(C)C)c(O)c2c1CCCC2(C)C. The van der Waals surface area contributed by atoms with Gasteiger partial charge in [0.1, 0.15) is 10.9 Å². The average molecular weight is 437 g/mol. The summed E-state index contributed by atoms with van der Waals surface area (Å²) in [6.07, 6.45) is 6.13. The first kappa shape index (κ1) is 24.8. The zero-order chi connectivity index (χ0) is 23.1. The van der Waals surface area contributed by atoms with E-state index < -0.39 is 12.8 Å². The number of carbonyl (C=O) groups excluding carboxylic acids is 1. The van der Waals surface area contributed by atoms with Crippen molar-refractivity contribution in [1.82, 2.24) is 0 Å². The highest BCUT2D eigenvalue weighted by Gasteiger charge is 2.47. The van der Waals surface area contributed by atoms with Gasteiger partial charge in [-0.2, -0.15) is 0 Å². The minimum Gasteiger partial charge on any atom is -0.507 e. The van der Waals surface area contributed by atoms with Gasteiger partial charge in [-0.15, -0.1) is 0 Å². The summed E-state index contributed by atoms with van der Waals surface area (Å²) in [5.41, 5.74) is 3.45. The van der Waals surface area contributed by atoms with Crippen molar-refractivity contribution in [2.75, 3.05) is 14.2 Å². The average Bonchev–Trinajstić information content (AvgIpc) is 2.64. The topological polar surface area (TPSA) is 72.8 Å². The van der Waals surface area contributed by atoms with Crippen LogP contribution in [-0.4, -0.2) is 30.3 Å². The molecule has 0 aromatic heterocycles. The molecule has 0 spiro atoms. The van der Waals surface area contributed by atoms with Gasteiger partial charge >= 0.3 is 7.60 Å². The second-order valence-corrected chi connectivity index (χ2v) is 13.2. The molecule has 30 heavy (non-hydrogen) atoms. The van der Waals surface area contributed by atoms with Crippen LogP contribution in [0.3, 0.4) is 0 Å². The Bertz CT molecular complexity index is 895. The zero-order valence-corrected chi connectivity index (χ0v) is 20.8. The number of benzene rings is 1. The number of phenolic OH excluding ortho intramolecular Hbond substituents is 1. The molecule has 1 aromatic rings. The summed E-state index contributed by atoms with van der Waals surface area (Å²) < 4.78 is 23.0. The van der Waals surface area contributed by atoms with Gasteiger partial charge in [0.15, 0.2) is 5.78 Å². The van der Waals surface area contributed by atoms with Crippen molar-refractivity contribution in [2.24, 2.45) is 0 Å². The van der Waals surface area contributed by atoms with E-state index in [1.54, 1.807) is 19.9 Å². The van der Waals surface area contributed by atoms with Gasteiger partial charge in [-0.25, -0.2) is 0 Å². The van der Waals surface area contributed by atoms with Gasteiger partial charge in [-0.1, -0.05) is 40.7 Å². The van der Waals surface area contributed by atoms with Crippen LogP contribution in [0.15, 0.2) is 12.1 Å². The zero-order valence-electron chi connectivity index (χ0n) is 19.9. The fourth-order valence-electron chi connectivity index (χ4n) is 4.32.